The summed E-state index contributed by atoms with van der Waals surface area (Å²) in [5, 5.41) is 3.61. The van der Waals surface area contributed by atoms with Gasteiger partial charge in [-0.2, -0.15) is 0 Å². The lowest BCUT2D eigenvalue weighted by Crippen LogP contribution is -2.34. The van der Waals surface area contributed by atoms with E-state index in [4.69, 9.17) is 23.2 Å². The highest BCUT2D eigenvalue weighted by molar-refractivity contribution is 6.35. The van der Waals surface area contributed by atoms with Crippen molar-refractivity contribution in [1.82, 2.24) is 9.88 Å². The number of benzene rings is 2. The van der Waals surface area contributed by atoms with Crippen LogP contribution in [0.1, 0.15) is 18.5 Å². The number of urea groups is 1. The molecule has 1 aromatic heterocycles. The second-order valence-electron chi connectivity index (χ2n) is 6.26. The van der Waals surface area contributed by atoms with E-state index < -0.39 is 29.3 Å². The topological polar surface area (TPSA) is 65.2 Å². The molecule has 1 atom stereocenters. The van der Waals surface area contributed by atoms with Crippen molar-refractivity contribution in [3.05, 3.63) is 74.1 Å². The van der Waals surface area contributed by atoms with Crippen LogP contribution >= 0.6 is 23.2 Å². The maximum absolute atomic E-state index is 13.7. The third kappa shape index (κ3) is 3.95. The molecule has 146 valence electrons. The Morgan fingerprint density at radius 3 is 2.25 bits per heavy atom. The van der Waals surface area contributed by atoms with E-state index >= 15 is 0 Å². The van der Waals surface area contributed by atoms with Crippen molar-refractivity contribution in [2.75, 3.05) is 12.4 Å². The third-order valence-electron chi connectivity index (χ3n) is 4.44. The van der Waals surface area contributed by atoms with Crippen LogP contribution in [0.3, 0.4) is 0 Å². The number of carbonyl (C=O) groups is 1. The SMILES string of the molecule is C[C@H](c1c[nH]c(=O)c2cc(F)c(F)cc12)N(C)C(=O)Nc1cc(Cl)cc(Cl)c1. The minimum Gasteiger partial charge on any atom is -0.328 e. The molecule has 0 aliphatic heterocycles. The molecule has 1 heterocycles. The van der Waals surface area contributed by atoms with Crippen molar-refractivity contribution in [1.29, 1.82) is 0 Å². The predicted octanol–water partition coefficient (Wildman–Crippen LogP) is 5.34. The number of amides is 2. The fraction of sp³-hybridized carbons (Fsp3) is 0.158. The first-order chi connectivity index (χ1) is 13.2. The largest absolute Gasteiger partial charge is 0.328 e. The Morgan fingerprint density at radius 2 is 1.64 bits per heavy atom. The monoisotopic (exact) mass is 425 g/mol. The first kappa shape index (κ1) is 20.1. The first-order valence-corrected chi connectivity index (χ1v) is 8.93. The van der Waals surface area contributed by atoms with Gasteiger partial charge in [-0.3, -0.25) is 4.79 Å². The number of pyridine rings is 1. The molecule has 0 spiro atoms. The van der Waals surface area contributed by atoms with E-state index in [-0.39, 0.29) is 10.8 Å². The smallest absolute Gasteiger partial charge is 0.322 e. The number of carbonyl (C=O) groups excluding carboxylic acids is 1. The van der Waals surface area contributed by atoms with Gasteiger partial charge >= 0.3 is 6.03 Å². The summed E-state index contributed by atoms with van der Waals surface area (Å²) in [5.41, 5.74) is 0.307. The molecule has 2 amide bonds. The van der Waals surface area contributed by atoms with Gasteiger partial charge in [-0.25, -0.2) is 13.6 Å². The van der Waals surface area contributed by atoms with E-state index in [2.05, 4.69) is 10.3 Å². The molecule has 2 aromatic carbocycles. The van der Waals surface area contributed by atoms with Gasteiger partial charge in [0.25, 0.3) is 5.56 Å². The fourth-order valence-electron chi connectivity index (χ4n) is 2.84. The average Bonchev–Trinajstić information content (AvgIpc) is 2.61. The van der Waals surface area contributed by atoms with E-state index in [0.29, 0.717) is 21.3 Å². The summed E-state index contributed by atoms with van der Waals surface area (Å²) in [6.07, 6.45) is 1.38. The summed E-state index contributed by atoms with van der Waals surface area (Å²) < 4.78 is 27.3. The number of hydrogen-bond acceptors (Lipinski definition) is 2. The number of rotatable bonds is 3. The maximum atomic E-state index is 13.7. The van der Waals surface area contributed by atoms with Gasteiger partial charge in [-0.15, -0.1) is 0 Å². The van der Waals surface area contributed by atoms with E-state index in [1.54, 1.807) is 6.92 Å². The van der Waals surface area contributed by atoms with Gasteiger partial charge in [0.2, 0.25) is 0 Å². The summed E-state index contributed by atoms with van der Waals surface area (Å²) in [6, 6.07) is 5.36. The van der Waals surface area contributed by atoms with Crippen molar-refractivity contribution in [3.63, 3.8) is 0 Å². The van der Waals surface area contributed by atoms with Gasteiger partial charge < -0.3 is 15.2 Å². The van der Waals surface area contributed by atoms with Crippen LogP contribution in [-0.4, -0.2) is 23.0 Å². The van der Waals surface area contributed by atoms with E-state index in [0.717, 1.165) is 12.1 Å². The molecule has 2 N–H and O–H groups in total. The van der Waals surface area contributed by atoms with Gasteiger partial charge in [0.1, 0.15) is 0 Å². The molecule has 0 aliphatic rings. The molecule has 0 saturated carbocycles. The molecule has 0 aliphatic carbocycles. The number of aromatic amines is 1. The van der Waals surface area contributed by atoms with Crippen molar-refractivity contribution < 1.29 is 13.6 Å². The van der Waals surface area contributed by atoms with Crippen LogP contribution in [0.5, 0.6) is 0 Å². The zero-order valence-corrected chi connectivity index (χ0v) is 16.3. The summed E-state index contributed by atoms with van der Waals surface area (Å²) in [5.74, 6) is -2.20. The summed E-state index contributed by atoms with van der Waals surface area (Å²) in [6.45, 7) is 1.69. The Labute approximate surface area is 168 Å². The molecule has 3 aromatic rings. The van der Waals surface area contributed by atoms with Crippen molar-refractivity contribution in [2.24, 2.45) is 0 Å². The number of aromatic nitrogens is 1. The third-order valence-corrected chi connectivity index (χ3v) is 4.88. The minimum absolute atomic E-state index is 0.00122. The second-order valence-corrected chi connectivity index (χ2v) is 7.13. The number of anilines is 1. The lowest BCUT2D eigenvalue weighted by atomic mass is 10.0. The zero-order valence-electron chi connectivity index (χ0n) is 14.8. The Hall–Kier alpha value is -2.64. The number of nitrogens with zero attached hydrogens (tertiary/aromatic N) is 1. The van der Waals surface area contributed by atoms with Crippen molar-refractivity contribution in [3.8, 4) is 0 Å². The molecule has 3 rings (SSSR count). The van der Waals surface area contributed by atoms with E-state index in [1.165, 1.54) is 36.3 Å². The van der Waals surface area contributed by atoms with Gasteiger partial charge in [0.15, 0.2) is 11.6 Å². The molecular weight excluding hydrogens is 411 g/mol. The van der Waals surface area contributed by atoms with Gasteiger partial charge in [-0.1, -0.05) is 23.2 Å². The highest BCUT2D eigenvalue weighted by atomic mass is 35.5. The van der Waals surface area contributed by atoms with Gasteiger partial charge in [-0.05, 0) is 48.2 Å². The summed E-state index contributed by atoms with van der Waals surface area (Å²) >= 11 is 11.9. The molecule has 0 saturated heterocycles. The van der Waals surface area contributed by atoms with E-state index in [9.17, 15) is 18.4 Å². The molecule has 0 radical (unpaired) electrons. The highest BCUT2D eigenvalue weighted by Gasteiger charge is 2.21. The second kappa shape index (κ2) is 7.77. The molecule has 0 fully saturated rings. The number of fused-ring (bicyclic) bond motifs is 1. The molecule has 28 heavy (non-hydrogen) atoms. The molecule has 0 unspecified atom stereocenters. The van der Waals surface area contributed by atoms with Crippen LogP contribution in [0.25, 0.3) is 10.8 Å². The molecule has 5 nitrogen and oxygen atoms in total. The molecular formula is C19H15Cl2F2N3O2. The average molecular weight is 426 g/mol. The Balaban J connectivity index is 1.93. The number of halogens is 4. The number of nitrogens with one attached hydrogen (secondary N) is 2. The number of hydrogen-bond donors (Lipinski definition) is 2. The van der Waals surface area contributed by atoms with E-state index in [1.807, 2.05) is 0 Å². The summed E-state index contributed by atoms with van der Waals surface area (Å²) in [4.78, 5) is 28.4. The van der Waals surface area contributed by atoms with Crippen LogP contribution in [0.2, 0.25) is 10.0 Å². The van der Waals surface area contributed by atoms with Crippen LogP contribution in [-0.2, 0) is 0 Å². The van der Waals surface area contributed by atoms with Crippen molar-refractivity contribution >= 4 is 45.7 Å². The normalized spacial score (nSPS) is 12.1. The molecule has 0 bridgehead atoms. The quantitative estimate of drug-likeness (QED) is 0.594. The zero-order chi connectivity index (χ0) is 20.6. The maximum Gasteiger partial charge on any atom is 0.322 e. The molecule has 9 heteroatoms. The van der Waals surface area contributed by atoms with Gasteiger partial charge in [0, 0.05) is 29.0 Å². The minimum atomic E-state index is -1.12. The Kier molecular flexibility index (Phi) is 5.58. The lowest BCUT2D eigenvalue weighted by Gasteiger charge is -2.26. The van der Waals surface area contributed by atoms with Gasteiger partial charge in [0.05, 0.1) is 11.4 Å². The Bertz CT molecular complexity index is 1110. The van der Waals surface area contributed by atoms with Crippen LogP contribution in [0.4, 0.5) is 19.3 Å². The predicted molar refractivity (Wildman–Crippen MR) is 106 cm³/mol. The fourth-order valence-corrected chi connectivity index (χ4v) is 3.37. The van der Waals surface area contributed by atoms with Crippen molar-refractivity contribution in [2.45, 2.75) is 13.0 Å². The Morgan fingerprint density at radius 1 is 1.07 bits per heavy atom. The standard InChI is InChI=1S/C19H15Cl2F2N3O2/c1-9(26(2)19(28)25-12-4-10(20)3-11(21)5-12)15-8-24-18(27)14-7-17(23)16(22)6-13(14)15/h3-9H,1-2H3,(H,24,27)(H,25,28)/t9-/m1/s1. The van der Waals surface area contributed by atoms with Crippen LogP contribution in [0.15, 0.2) is 41.3 Å². The van der Waals surface area contributed by atoms with Crippen LogP contribution in [0, 0.1) is 11.6 Å². The highest BCUT2D eigenvalue weighted by Crippen LogP contribution is 2.28. The number of H-pyrrole nitrogens is 1. The lowest BCUT2D eigenvalue weighted by molar-refractivity contribution is 0.208. The van der Waals surface area contributed by atoms with Crippen LogP contribution < -0.4 is 10.9 Å². The first-order valence-electron chi connectivity index (χ1n) is 8.17. The summed E-state index contributed by atoms with van der Waals surface area (Å²) in [7, 11) is 1.53.